The van der Waals surface area contributed by atoms with Gasteiger partial charge in [0.05, 0.1) is 10.0 Å². The van der Waals surface area contributed by atoms with Crippen LogP contribution in [0.1, 0.15) is 27.7 Å². The van der Waals surface area contributed by atoms with Gasteiger partial charge >= 0.3 is 0 Å². The van der Waals surface area contributed by atoms with Crippen molar-refractivity contribution in [3.05, 3.63) is 58.6 Å². The highest BCUT2D eigenvalue weighted by molar-refractivity contribution is 9.09. The summed E-state index contributed by atoms with van der Waals surface area (Å²) in [5.41, 5.74) is 0.924. The molecule has 0 fully saturated rings. The van der Waals surface area contributed by atoms with Crippen LogP contribution in [0.5, 0.6) is 11.5 Å². The van der Waals surface area contributed by atoms with Crippen molar-refractivity contribution in [1.82, 2.24) is 0 Å². The van der Waals surface area contributed by atoms with Crippen LogP contribution in [-0.2, 0) is 0 Å². The van der Waals surface area contributed by atoms with Gasteiger partial charge in [-0.15, -0.1) is 0 Å². The lowest BCUT2D eigenvalue weighted by Crippen LogP contribution is -1.99. The molecule has 0 spiro atoms. The molecular formula is C18H25BrCl2O2. The van der Waals surface area contributed by atoms with E-state index in [-0.39, 0.29) is 15.8 Å². The minimum atomic E-state index is -0.140. The van der Waals surface area contributed by atoms with Crippen LogP contribution in [0.15, 0.2) is 48.6 Å². The van der Waals surface area contributed by atoms with Gasteiger partial charge in [-0.2, -0.15) is 0 Å². The van der Waals surface area contributed by atoms with Gasteiger partial charge in [0.1, 0.15) is 12.4 Å². The minimum Gasteiger partial charge on any atom is -0.505 e. The van der Waals surface area contributed by atoms with Crippen molar-refractivity contribution >= 4 is 39.1 Å². The maximum Gasteiger partial charge on any atom is 0.153 e. The summed E-state index contributed by atoms with van der Waals surface area (Å²) in [7, 11) is 0. The summed E-state index contributed by atoms with van der Waals surface area (Å²) >= 11 is 14.7. The van der Waals surface area contributed by atoms with Gasteiger partial charge in [0.15, 0.2) is 5.75 Å². The van der Waals surface area contributed by atoms with E-state index in [4.69, 9.17) is 27.9 Å². The molecule has 2 nitrogen and oxygen atoms in total. The quantitative estimate of drug-likeness (QED) is 0.400. The summed E-state index contributed by atoms with van der Waals surface area (Å²) in [6, 6.07) is 3.03. The molecule has 0 unspecified atom stereocenters. The standard InChI is InChI=1S/C14H14Cl2O2.C2H5Br.C2H6/c1-3-5-6-10(4-2)9-18-11-7-12(15)14(17)13(16)8-11;1-2-3;1-2/h3-8,17H,2,9H2,1H3;2H2,1H3;1-2H3/b5-3-,10-6+;;. The molecule has 0 aromatic heterocycles. The van der Waals surface area contributed by atoms with Gasteiger partial charge in [-0.1, -0.05) is 90.8 Å². The van der Waals surface area contributed by atoms with Crippen molar-refractivity contribution in [2.45, 2.75) is 27.7 Å². The number of allylic oxidation sites excluding steroid dienone is 3. The lowest BCUT2D eigenvalue weighted by atomic mass is 10.2. The molecule has 1 aromatic carbocycles. The van der Waals surface area contributed by atoms with E-state index in [0.717, 1.165) is 10.9 Å². The number of hydrogen-bond acceptors (Lipinski definition) is 2. The average molecular weight is 424 g/mol. The van der Waals surface area contributed by atoms with Crippen LogP contribution in [0.4, 0.5) is 0 Å². The number of ether oxygens (including phenoxy) is 1. The molecule has 5 heteroatoms. The third kappa shape index (κ3) is 11.3. The van der Waals surface area contributed by atoms with Crippen LogP contribution in [0.25, 0.3) is 0 Å². The maximum absolute atomic E-state index is 9.41. The molecule has 1 N–H and O–H groups in total. The van der Waals surface area contributed by atoms with Crippen molar-refractivity contribution in [3.8, 4) is 11.5 Å². The topological polar surface area (TPSA) is 29.5 Å². The summed E-state index contributed by atoms with van der Waals surface area (Å²) in [6.45, 7) is 12.0. The number of alkyl halides is 1. The molecule has 1 aromatic rings. The molecular weight excluding hydrogens is 399 g/mol. The van der Waals surface area contributed by atoms with Gasteiger partial charge in [0.25, 0.3) is 0 Å². The monoisotopic (exact) mass is 422 g/mol. The number of benzene rings is 1. The Hall–Kier alpha value is -0.900. The number of phenols is 1. The van der Waals surface area contributed by atoms with E-state index in [0.29, 0.717) is 12.4 Å². The molecule has 0 atom stereocenters. The van der Waals surface area contributed by atoms with E-state index in [9.17, 15) is 5.11 Å². The number of aromatic hydroxyl groups is 1. The van der Waals surface area contributed by atoms with Crippen molar-refractivity contribution in [1.29, 1.82) is 0 Å². The van der Waals surface area contributed by atoms with Crippen LogP contribution in [0.2, 0.25) is 10.0 Å². The van der Waals surface area contributed by atoms with E-state index in [1.165, 1.54) is 12.1 Å². The van der Waals surface area contributed by atoms with Crippen LogP contribution in [-0.4, -0.2) is 17.0 Å². The van der Waals surface area contributed by atoms with Gasteiger partial charge in [-0.3, -0.25) is 0 Å². The van der Waals surface area contributed by atoms with Crippen LogP contribution >= 0.6 is 39.1 Å². The first kappa shape index (κ1) is 24.4. The molecule has 130 valence electrons. The van der Waals surface area contributed by atoms with Crippen molar-refractivity contribution in [2.75, 3.05) is 11.9 Å². The van der Waals surface area contributed by atoms with Gasteiger partial charge in [-0.25, -0.2) is 0 Å². The third-order valence-corrected chi connectivity index (χ3v) is 2.74. The highest BCUT2D eigenvalue weighted by Gasteiger charge is 2.07. The van der Waals surface area contributed by atoms with E-state index < -0.39 is 0 Å². The minimum absolute atomic E-state index is 0.140. The fraction of sp³-hybridized carbons (Fsp3) is 0.333. The molecule has 0 aliphatic heterocycles. The van der Waals surface area contributed by atoms with E-state index in [1.54, 1.807) is 6.08 Å². The largest absolute Gasteiger partial charge is 0.505 e. The van der Waals surface area contributed by atoms with E-state index in [1.807, 2.05) is 45.9 Å². The highest BCUT2D eigenvalue weighted by atomic mass is 79.9. The van der Waals surface area contributed by atoms with Gasteiger partial charge in [-0.05, 0) is 12.5 Å². The summed E-state index contributed by atoms with van der Waals surface area (Å²) in [4.78, 5) is 0. The normalized spacial score (nSPS) is 10.3. The second kappa shape index (κ2) is 16.0. The predicted octanol–water partition coefficient (Wildman–Crippen LogP) is 7.19. The summed E-state index contributed by atoms with van der Waals surface area (Å²) in [6.07, 6.45) is 7.43. The lowest BCUT2D eigenvalue weighted by Gasteiger charge is -2.08. The van der Waals surface area contributed by atoms with Crippen LogP contribution in [0.3, 0.4) is 0 Å². The first-order chi connectivity index (χ1) is 11.0. The number of phenolic OH excluding ortho intramolecular Hbond substituents is 1. The first-order valence-electron chi connectivity index (χ1n) is 7.31. The predicted molar refractivity (Wildman–Crippen MR) is 108 cm³/mol. The second-order valence-corrected chi connectivity index (χ2v) is 5.70. The Kier molecular flexibility index (Phi) is 16.9. The summed E-state index contributed by atoms with van der Waals surface area (Å²) < 4.78 is 5.52. The van der Waals surface area contributed by atoms with Gasteiger partial charge in [0, 0.05) is 17.5 Å². The Morgan fingerprint density at radius 1 is 1.30 bits per heavy atom. The zero-order chi connectivity index (χ0) is 18.3. The summed E-state index contributed by atoms with van der Waals surface area (Å²) in [5.74, 6) is 0.357. The zero-order valence-corrected chi connectivity index (χ0v) is 17.2. The fourth-order valence-corrected chi connectivity index (χ4v) is 1.65. The van der Waals surface area contributed by atoms with Crippen molar-refractivity contribution in [2.24, 2.45) is 0 Å². The molecule has 0 saturated carbocycles. The number of halogens is 3. The van der Waals surface area contributed by atoms with Gasteiger partial charge in [0.2, 0.25) is 0 Å². The van der Waals surface area contributed by atoms with Crippen LogP contribution < -0.4 is 4.74 Å². The number of hydrogen-bond donors (Lipinski definition) is 1. The lowest BCUT2D eigenvalue weighted by molar-refractivity contribution is 0.354. The molecule has 0 aliphatic carbocycles. The molecule has 0 heterocycles. The smallest absolute Gasteiger partial charge is 0.153 e. The zero-order valence-electron chi connectivity index (χ0n) is 14.1. The van der Waals surface area contributed by atoms with E-state index in [2.05, 4.69) is 22.5 Å². The Morgan fingerprint density at radius 2 is 1.78 bits per heavy atom. The molecule has 1 rings (SSSR count). The average Bonchev–Trinajstić information content (AvgIpc) is 2.55. The number of rotatable bonds is 5. The fourth-order valence-electron chi connectivity index (χ4n) is 1.19. The molecule has 0 saturated heterocycles. The Labute approximate surface area is 158 Å². The molecule has 23 heavy (non-hydrogen) atoms. The Morgan fingerprint density at radius 3 is 2.17 bits per heavy atom. The first-order valence-corrected chi connectivity index (χ1v) is 9.18. The molecule has 0 bridgehead atoms. The maximum atomic E-state index is 9.41. The SMILES string of the molecule is C=C/C(=C\C=C/C)COc1cc(Cl)c(O)c(Cl)c1.CC.CCBr. The Bertz CT molecular complexity index is 489. The molecule has 0 radical (unpaired) electrons. The molecule has 0 amide bonds. The van der Waals surface area contributed by atoms with Crippen LogP contribution in [0, 0.1) is 0 Å². The third-order valence-electron chi connectivity index (χ3n) is 2.16. The molecule has 0 aliphatic rings. The summed E-state index contributed by atoms with van der Waals surface area (Å²) in [5, 5.41) is 10.8. The van der Waals surface area contributed by atoms with Gasteiger partial charge < -0.3 is 9.84 Å². The van der Waals surface area contributed by atoms with Crippen molar-refractivity contribution in [3.63, 3.8) is 0 Å². The van der Waals surface area contributed by atoms with E-state index >= 15 is 0 Å². The highest BCUT2D eigenvalue weighted by Crippen LogP contribution is 2.35. The second-order valence-electron chi connectivity index (χ2n) is 3.76. The van der Waals surface area contributed by atoms with Crippen molar-refractivity contribution < 1.29 is 9.84 Å². The Balaban J connectivity index is 0.